The smallest absolute Gasteiger partial charge is 0.407 e. The number of carbonyl (C=O) groups is 1. The van der Waals surface area contributed by atoms with E-state index in [1.54, 1.807) is 18.2 Å². The van der Waals surface area contributed by atoms with Crippen LogP contribution in [0.2, 0.25) is 0 Å². The van der Waals surface area contributed by atoms with Gasteiger partial charge in [-0.05, 0) is 12.8 Å². The van der Waals surface area contributed by atoms with E-state index in [1.165, 1.54) is 63.9 Å². The van der Waals surface area contributed by atoms with Crippen molar-refractivity contribution in [3.05, 3.63) is 70.5 Å². The summed E-state index contributed by atoms with van der Waals surface area (Å²) >= 11 is 0. The highest BCUT2D eigenvalue weighted by atomic mass is 16.6. The molecule has 0 amide bonds. The number of aliphatic carboxylic acids is 1. The van der Waals surface area contributed by atoms with Crippen LogP contribution in [0, 0.1) is 10.1 Å². The Hall–Kier alpha value is -2.43. The normalized spacial score (nSPS) is 12.9. The predicted octanol–water partition coefficient (Wildman–Crippen LogP) is 6.38. The fourth-order valence-corrected chi connectivity index (χ4v) is 2.43. The van der Waals surface area contributed by atoms with E-state index in [1.807, 2.05) is 18.2 Å². The topological polar surface area (TPSA) is 80.4 Å². The van der Waals surface area contributed by atoms with Crippen molar-refractivity contribution in [2.75, 3.05) is 0 Å². The summed E-state index contributed by atoms with van der Waals surface area (Å²) in [6, 6.07) is 0. The molecule has 27 heavy (non-hydrogen) atoms. The number of carboxylic acids is 1. The second-order valence-corrected chi connectivity index (χ2v) is 6.31. The second kappa shape index (κ2) is 18.4. The van der Waals surface area contributed by atoms with E-state index in [0.717, 1.165) is 12.5 Å². The zero-order valence-corrected chi connectivity index (χ0v) is 16.4. The Bertz CT molecular complexity index is 541. The molecular weight excluding hydrogens is 342 g/mol. The molecule has 0 aliphatic heterocycles. The number of hydrogen-bond acceptors (Lipinski definition) is 3. The molecular formula is C22H33NO4. The maximum absolute atomic E-state index is 10.6. The Morgan fingerprint density at radius 2 is 1.30 bits per heavy atom. The zero-order chi connectivity index (χ0) is 20.2. The van der Waals surface area contributed by atoms with Crippen molar-refractivity contribution < 1.29 is 14.8 Å². The van der Waals surface area contributed by atoms with Gasteiger partial charge in [-0.3, -0.25) is 10.1 Å². The molecule has 0 aromatic heterocycles. The summed E-state index contributed by atoms with van der Waals surface area (Å²) in [5.74, 6) is -1.55. The molecule has 0 heterocycles. The van der Waals surface area contributed by atoms with Gasteiger partial charge in [0.2, 0.25) is 0 Å². The van der Waals surface area contributed by atoms with E-state index in [2.05, 4.69) is 13.0 Å². The molecule has 0 bridgehead atoms. The van der Waals surface area contributed by atoms with Crippen LogP contribution in [0.1, 0.15) is 71.1 Å². The average molecular weight is 376 g/mol. The molecule has 5 nitrogen and oxygen atoms in total. The molecule has 0 aliphatic carbocycles. The third-order valence-corrected chi connectivity index (χ3v) is 3.95. The SMILES string of the molecule is CCCCCCCCCCC/C=C/C=C/C=C/C=C/C=C(/C(=O)O)[N+](=O)[O-]. The summed E-state index contributed by atoms with van der Waals surface area (Å²) in [6.07, 6.45) is 28.4. The van der Waals surface area contributed by atoms with Gasteiger partial charge in [0.05, 0.1) is 4.92 Å². The third-order valence-electron chi connectivity index (χ3n) is 3.95. The molecule has 0 aromatic carbocycles. The Labute approximate surface area is 163 Å². The summed E-state index contributed by atoms with van der Waals surface area (Å²) in [5.41, 5.74) is -0.852. The van der Waals surface area contributed by atoms with Gasteiger partial charge in [0.25, 0.3) is 0 Å². The lowest BCUT2D eigenvalue weighted by molar-refractivity contribution is -0.420. The van der Waals surface area contributed by atoms with Crippen molar-refractivity contribution in [2.24, 2.45) is 0 Å². The Morgan fingerprint density at radius 3 is 1.81 bits per heavy atom. The van der Waals surface area contributed by atoms with Crippen LogP contribution in [0.5, 0.6) is 0 Å². The molecule has 0 saturated heterocycles. The number of rotatable bonds is 16. The highest BCUT2D eigenvalue weighted by Crippen LogP contribution is 2.10. The van der Waals surface area contributed by atoms with Gasteiger partial charge in [0.15, 0.2) is 0 Å². The number of hydrogen-bond donors (Lipinski definition) is 1. The summed E-state index contributed by atoms with van der Waals surface area (Å²) in [5, 5.41) is 19.0. The number of nitro groups is 1. The standard InChI is InChI=1S/C22H33NO4/c1-2-3-4-5-6-7-8-9-10-11-12-13-14-15-16-17-18-19-20-21(22(24)25)23(26)27/h12-20H,2-11H2,1H3,(H,24,25)/b13-12+,15-14+,17-16+,19-18+,21-20-. The van der Waals surface area contributed by atoms with E-state index in [-0.39, 0.29) is 0 Å². The highest BCUT2D eigenvalue weighted by Gasteiger charge is 2.18. The van der Waals surface area contributed by atoms with Gasteiger partial charge >= 0.3 is 11.7 Å². The molecule has 0 aliphatic rings. The lowest BCUT2D eigenvalue weighted by Crippen LogP contribution is -2.09. The van der Waals surface area contributed by atoms with Crippen molar-refractivity contribution >= 4 is 5.97 Å². The maximum atomic E-state index is 10.6. The van der Waals surface area contributed by atoms with E-state index >= 15 is 0 Å². The molecule has 0 rings (SSSR count). The first-order chi connectivity index (χ1) is 13.1. The van der Waals surface area contributed by atoms with Crippen LogP contribution in [0.3, 0.4) is 0 Å². The van der Waals surface area contributed by atoms with Crippen LogP contribution in [-0.2, 0) is 4.79 Å². The maximum Gasteiger partial charge on any atom is 0.407 e. The minimum Gasteiger partial charge on any atom is -0.473 e. The molecule has 0 aromatic rings. The van der Waals surface area contributed by atoms with E-state index < -0.39 is 16.6 Å². The quantitative estimate of drug-likeness (QED) is 0.112. The lowest BCUT2D eigenvalue weighted by atomic mass is 10.1. The van der Waals surface area contributed by atoms with Gasteiger partial charge in [-0.1, -0.05) is 107 Å². The zero-order valence-electron chi connectivity index (χ0n) is 16.4. The average Bonchev–Trinajstić information content (AvgIpc) is 2.63. The number of nitrogens with zero attached hydrogens (tertiary/aromatic N) is 1. The molecule has 0 unspecified atom stereocenters. The molecule has 150 valence electrons. The molecule has 5 heteroatoms. The summed E-state index contributed by atoms with van der Waals surface area (Å²) in [4.78, 5) is 20.1. The van der Waals surface area contributed by atoms with Crippen LogP contribution >= 0.6 is 0 Å². The first-order valence-corrected chi connectivity index (χ1v) is 9.84. The van der Waals surface area contributed by atoms with Gasteiger partial charge in [-0.25, -0.2) is 4.79 Å². The van der Waals surface area contributed by atoms with Crippen LogP contribution in [0.15, 0.2) is 60.4 Å². The molecule has 0 radical (unpaired) electrons. The van der Waals surface area contributed by atoms with Gasteiger partial charge in [0.1, 0.15) is 0 Å². The molecule has 0 fully saturated rings. The first kappa shape index (κ1) is 24.6. The minimum atomic E-state index is -1.55. The van der Waals surface area contributed by atoms with Crippen LogP contribution in [0.4, 0.5) is 0 Å². The Morgan fingerprint density at radius 1 is 0.815 bits per heavy atom. The fraction of sp³-hybridized carbons (Fsp3) is 0.500. The Balaban J connectivity index is 3.74. The fourth-order valence-electron chi connectivity index (χ4n) is 2.43. The van der Waals surface area contributed by atoms with Crippen molar-refractivity contribution in [2.45, 2.75) is 71.1 Å². The summed E-state index contributed by atoms with van der Waals surface area (Å²) in [6.45, 7) is 2.24. The van der Waals surface area contributed by atoms with Crippen LogP contribution < -0.4 is 0 Å². The van der Waals surface area contributed by atoms with Gasteiger partial charge in [0, 0.05) is 6.08 Å². The summed E-state index contributed by atoms with van der Waals surface area (Å²) in [7, 11) is 0. The Kier molecular flexibility index (Phi) is 16.7. The highest BCUT2D eigenvalue weighted by molar-refractivity contribution is 5.84. The molecule has 0 atom stereocenters. The molecule has 0 spiro atoms. The van der Waals surface area contributed by atoms with E-state index in [4.69, 9.17) is 5.11 Å². The largest absolute Gasteiger partial charge is 0.473 e. The monoisotopic (exact) mass is 375 g/mol. The van der Waals surface area contributed by atoms with E-state index in [9.17, 15) is 14.9 Å². The summed E-state index contributed by atoms with van der Waals surface area (Å²) < 4.78 is 0. The van der Waals surface area contributed by atoms with Crippen molar-refractivity contribution in [3.8, 4) is 0 Å². The van der Waals surface area contributed by atoms with Gasteiger partial charge in [-0.2, -0.15) is 0 Å². The predicted molar refractivity (Wildman–Crippen MR) is 111 cm³/mol. The van der Waals surface area contributed by atoms with Crippen LogP contribution in [0.25, 0.3) is 0 Å². The molecule has 0 saturated carbocycles. The minimum absolute atomic E-state index is 0.852. The van der Waals surface area contributed by atoms with E-state index in [0.29, 0.717) is 0 Å². The van der Waals surface area contributed by atoms with Gasteiger partial charge in [-0.15, -0.1) is 0 Å². The lowest BCUT2D eigenvalue weighted by Gasteiger charge is -2.00. The second-order valence-electron chi connectivity index (χ2n) is 6.31. The third kappa shape index (κ3) is 16.8. The number of carboxylic acid groups (broad SMARTS) is 1. The van der Waals surface area contributed by atoms with Crippen molar-refractivity contribution in [1.82, 2.24) is 0 Å². The van der Waals surface area contributed by atoms with Crippen LogP contribution in [-0.4, -0.2) is 16.0 Å². The number of allylic oxidation sites excluding steroid dienone is 9. The van der Waals surface area contributed by atoms with Gasteiger partial charge < -0.3 is 5.11 Å². The van der Waals surface area contributed by atoms with Crippen molar-refractivity contribution in [1.29, 1.82) is 0 Å². The molecule has 1 N–H and O–H groups in total. The number of unbranched alkanes of at least 4 members (excludes halogenated alkanes) is 9. The van der Waals surface area contributed by atoms with Crippen molar-refractivity contribution in [3.63, 3.8) is 0 Å². The first-order valence-electron chi connectivity index (χ1n) is 9.84.